The lowest BCUT2D eigenvalue weighted by Gasteiger charge is -2.26. The number of benzene rings is 3. The summed E-state index contributed by atoms with van der Waals surface area (Å²) in [4.78, 5) is 26.8. The Bertz CT molecular complexity index is 1460. The van der Waals surface area contributed by atoms with Crippen LogP contribution in [-0.4, -0.2) is 70.8 Å². The zero-order valence-corrected chi connectivity index (χ0v) is 23.4. The molecular formula is C28H29ClN4O6S. The Labute approximate surface area is 238 Å². The smallest absolute Gasteiger partial charge is 0.264 e. The van der Waals surface area contributed by atoms with E-state index in [1.54, 1.807) is 66.4 Å². The Morgan fingerprint density at radius 3 is 2.48 bits per heavy atom. The molecule has 1 N–H and O–H groups in total. The third-order valence-corrected chi connectivity index (χ3v) is 8.08. The maximum Gasteiger partial charge on any atom is 0.264 e. The Balaban J connectivity index is 1.38. The van der Waals surface area contributed by atoms with Crippen LogP contribution in [-0.2, 0) is 24.3 Å². The summed E-state index contributed by atoms with van der Waals surface area (Å²) in [5, 5.41) is 4.30. The molecule has 4 rings (SSSR count). The van der Waals surface area contributed by atoms with Gasteiger partial charge >= 0.3 is 0 Å². The Kier molecular flexibility index (Phi) is 9.75. The molecule has 40 heavy (non-hydrogen) atoms. The van der Waals surface area contributed by atoms with Crippen LogP contribution in [0.15, 0.2) is 82.8 Å². The number of amides is 2. The van der Waals surface area contributed by atoms with Gasteiger partial charge in [-0.1, -0.05) is 35.9 Å². The molecule has 0 unspecified atom stereocenters. The van der Waals surface area contributed by atoms with Crippen LogP contribution in [0.4, 0.5) is 5.69 Å². The monoisotopic (exact) mass is 584 g/mol. The number of hydrogen-bond acceptors (Lipinski definition) is 7. The summed E-state index contributed by atoms with van der Waals surface area (Å²) >= 11 is 6.15. The van der Waals surface area contributed by atoms with Crippen LogP contribution in [0.1, 0.15) is 11.1 Å². The predicted octanol–water partition coefficient (Wildman–Crippen LogP) is 3.23. The number of halogens is 1. The summed E-state index contributed by atoms with van der Waals surface area (Å²) in [7, 11) is -4.07. The lowest BCUT2D eigenvalue weighted by Crippen LogP contribution is -2.42. The van der Waals surface area contributed by atoms with Gasteiger partial charge in [0.05, 0.1) is 30.0 Å². The van der Waals surface area contributed by atoms with Gasteiger partial charge in [-0.25, -0.2) is 13.8 Å². The lowest BCUT2D eigenvalue weighted by atomic mass is 10.2. The maximum absolute atomic E-state index is 13.5. The molecule has 0 atom stereocenters. The number of nitrogens with zero attached hydrogens (tertiary/aromatic N) is 3. The van der Waals surface area contributed by atoms with Gasteiger partial charge in [0.15, 0.2) is 6.61 Å². The molecule has 0 spiro atoms. The van der Waals surface area contributed by atoms with E-state index in [9.17, 15) is 18.0 Å². The first kappa shape index (κ1) is 29.1. The minimum absolute atomic E-state index is 0.0413. The van der Waals surface area contributed by atoms with E-state index in [-0.39, 0.29) is 23.1 Å². The third kappa shape index (κ3) is 7.59. The fraction of sp³-hybridized carbons (Fsp3) is 0.250. The highest BCUT2D eigenvalue weighted by Gasteiger charge is 2.28. The van der Waals surface area contributed by atoms with Crippen molar-refractivity contribution in [1.82, 2.24) is 10.3 Å². The fourth-order valence-corrected chi connectivity index (χ4v) is 5.58. The summed E-state index contributed by atoms with van der Waals surface area (Å²) in [5.74, 6) is -0.230. The number of nitrogens with one attached hydrogen (secondary N) is 1. The number of carbonyl (C=O) groups is 2. The molecule has 0 aliphatic carbocycles. The van der Waals surface area contributed by atoms with Crippen molar-refractivity contribution in [3.63, 3.8) is 0 Å². The van der Waals surface area contributed by atoms with Crippen LogP contribution in [0.3, 0.4) is 0 Å². The van der Waals surface area contributed by atoms with Gasteiger partial charge in [0.25, 0.3) is 21.8 Å². The molecule has 0 bridgehead atoms. The zero-order valence-electron chi connectivity index (χ0n) is 21.8. The number of hydrogen-bond donors (Lipinski definition) is 1. The first-order chi connectivity index (χ1) is 19.2. The first-order valence-corrected chi connectivity index (χ1v) is 14.3. The van der Waals surface area contributed by atoms with Crippen molar-refractivity contribution in [3.05, 3.63) is 88.9 Å². The molecule has 210 valence electrons. The number of hydrazone groups is 1. The maximum atomic E-state index is 13.5. The van der Waals surface area contributed by atoms with Crippen molar-refractivity contribution in [2.24, 2.45) is 5.10 Å². The van der Waals surface area contributed by atoms with E-state index in [2.05, 4.69) is 10.5 Å². The molecular weight excluding hydrogens is 556 g/mol. The molecule has 12 heteroatoms. The van der Waals surface area contributed by atoms with Gasteiger partial charge in [0, 0.05) is 18.1 Å². The SMILES string of the molecule is Cc1ccc(Cl)cc1N(CC(=O)N/N=C\c1ccc(OCC(=O)N2CCOCC2)cc1)S(=O)(=O)c1ccccc1. The Morgan fingerprint density at radius 2 is 1.77 bits per heavy atom. The third-order valence-electron chi connectivity index (χ3n) is 6.07. The van der Waals surface area contributed by atoms with Crippen LogP contribution in [0, 0.1) is 6.92 Å². The summed E-state index contributed by atoms with van der Waals surface area (Å²) in [6.45, 7) is 3.31. The highest BCUT2D eigenvalue weighted by molar-refractivity contribution is 7.92. The average Bonchev–Trinajstić information content (AvgIpc) is 2.97. The van der Waals surface area contributed by atoms with E-state index >= 15 is 0 Å². The van der Waals surface area contributed by atoms with E-state index in [0.29, 0.717) is 48.2 Å². The summed E-state index contributed by atoms with van der Waals surface area (Å²) in [6.07, 6.45) is 1.42. The second kappa shape index (κ2) is 13.4. The molecule has 0 radical (unpaired) electrons. The number of ether oxygens (including phenoxy) is 2. The molecule has 2 amide bonds. The summed E-state index contributed by atoms with van der Waals surface area (Å²) in [6, 6.07) is 19.5. The van der Waals surface area contributed by atoms with Crippen molar-refractivity contribution in [2.75, 3.05) is 43.8 Å². The molecule has 1 saturated heterocycles. The van der Waals surface area contributed by atoms with E-state index in [1.165, 1.54) is 24.4 Å². The molecule has 3 aromatic carbocycles. The fourth-order valence-electron chi connectivity index (χ4n) is 3.91. The number of anilines is 1. The van der Waals surface area contributed by atoms with Crippen LogP contribution >= 0.6 is 11.6 Å². The van der Waals surface area contributed by atoms with Crippen LogP contribution < -0.4 is 14.5 Å². The van der Waals surface area contributed by atoms with Gasteiger partial charge in [-0.15, -0.1) is 0 Å². The highest BCUT2D eigenvalue weighted by Crippen LogP contribution is 2.29. The molecule has 0 aromatic heterocycles. The van der Waals surface area contributed by atoms with Gasteiger partial charge in [-0.05, 0) is 66.6 Å². The summed E-state index contributed by atoms with van der Waals surface area (Å²) in [5.41, 5.74) is 3.96. The standard InChI is InChI=1S/C28H29ClN4O6S/c1-21-7-10-23(29)17-26(21)33(40(36,37)25-5-3-2-4-6-25)19-27(34)31-30-18-22-8-11-24(12-9-22)39-20-28(35)32-13-15-38-16-14-32/h2-12,17-18H,13-16,19-20H2,1H3,(H,31,34)/b30-18-. The molecule has 1 fully saturated rings. The van der Waals surface area contributed by atoms with Crippen molar-refractivity contribution in [3.8, 4) is 5.75 Å². The minimum atomic E-state index is -4.07. The lowest BCUT2D eigenvalue weighted by molar-refractivity contribution is -0.137. The van der Waals surface area contributed by atoms with Crippen molar-refractivity contribution < 1.29 is 27.5 Å². The highest BCUT2D eigenvalue weighted by atomic mass is 35.5. The molecule has 1 aliphatic heterocycles. The second-order valence-corrected chi connectivity index (χ2v) is 11.2. The number of carbonyl (C=O) groups excluding carboxylic acids is 2. The predicted molar refractivity (Wildman–Crippen MR) is 152 cm³/mol. The van der Waals surface area contributed by atoms with Gasteiger partial charge < -0.3 is 14.4 Å². The van der Waals surface area contributed by atoms with Gasteiger partial charge in [-0.3, -0.25) is 13.9 Å². The molecule has 0 saturated carbocycles. The molecule has 1 heterocycles. The zero-order chi connectivity index (χ0) is 28.5. The van der Waals surface area contributed by atoms with E-state index < -0.39 is 22.5 Å². The Hall–Kier alpha value is -3.93. The van der Waals surface area contributed by atoms with Crippen LogP contribution in [0.5, 0.6) is 5.75 Å². The van der Waals surface area contributed by atoms with Gasteiger partial charge in [0.1, 0.15) is 12.3 Å². The topological polar surface area (TPSA) is 118 Å². The van der Waals surface area contributed by atoms with Gasteiger partial charge in [-0.2, -0.15) is 5.10 Å². The van der Waals surface area contributed by atoms with E-state index in [0.717, 1.165) is 4.31 Å². The van der Waals surface area contributed by atoms with Crippen molar-refractivity contribution in [1.29, 1.82) is 0 Å². The average molecular weight is 585 g/mol. The number of morpholine rings is 1. The molecule has 3 aromatic rings. The summed E-state index contributed by atoms with van der Waals surface area (Å²) < 4.78 is 38.8. The number of aryl methyl sites for hydroxylation is 1. The quantitative estimate of drug-likeness (QED) is 0.289. The van der Waals surface area contributed by atoms with Crippen molar-refractivity contribution >= 4 is 45.3 Å². The molecule has 1 aliphatic rings. The molecule has 10 nitrogen and oxygen atoms in total. The Morgan fingerprint density at radius 1 is 1.07 bits per heavy atom. The normalized spacial score (nSPS) is 13.7. The second-order valence-electron chi connectivity index (χ2n) is 8.90. The van der Waals surface area contributed by atoms with E-state index in [4.69, 9.17) is 21.1 Å². The van der Waals surface area contributed by atoms with E-state index in [1.807, 2.05) is 0 Å². The van der Waals surface area contributed by atoms with Crippen LogP contribution in [0.2, 0.25) is 5.02 Å². The first-order valence-electron chi connectivity index (χ1n) is 12.5. The van der Waals surface area contributed by atoms with Crippen LogP contribution in [0.25, 0.3) is 0 Å². The minimum Gasteiger partial charge on any atom is -0.484 e. The van der Waals surface area contributed by atoms with Crippen molar-refractivity contribution in [2.45, 2.75) is 11.8 Å². The number of sulfonamides is 1. The largest absolute Gasteiger partial charge is 0.484 e. The number of rotatable bonds is 10. The van der Waals surface area contributed by atoms with Gasteiger partial charge in [0.2, 0.25) is 0 Å².